The van der Waals surface area contributed by atoms with E-state index in [1.165, 1.54) is 6.26 Å². The minimum atomic E-state index is -3.13. The van der Waals surface area contributed by atoms with Crippen LogP contribution >= 0.6 is 0 Å². The summed E-state index contributed by atoms with van der Waals surface area (Å²) in [5.74, 6) is 0.579. The van der Waals surface area contributed by atoms with E-state index in [0.29, 0.717) is 12.4 Å². The summed E-state index contributed by atoms with van der Waals surface area (Å²) in [6, 6.07) is 7.54. The number of anilines is 1. The zero-order valence-corrected chi connectivity index (χ0v) is 12.0. The third-order valence-electron chi connectivity index (χ3n) is 3.15. The van der Waals surface area contributed by atoms with Gasteiger partial charge in [-0.05, 0) is 26.0 Å². The van der Waals surface area contributed by atoms with Gasteiger partial charge in [-0.2, -0.15) is 0 Å². The van der Waals surface area contributed by atoms with Gasteiger partial charge in [-0.25, -0.2) is 13.4 Å². The Bertz CT molecular complexity index is 696. The molecule has 0 saturated carbocycles. The second kappa shape index (κ2) is 4.77. The van der Waals surface area contributed by atoms with Gasteiger partial charge in [0.1, 0.15) is 5.82 Å². The zero-order valence-electron chi connectivity index (χ0n) is 11.2. The molecule has 1 heterocycles. The van der Waals surface area contributed by atoms with Gasteiger partial charge in [-0.3, -0.25) is 4.98 Å². The van der Waals surface area contributed by atoms with Gasteiger partial charge in [0.15, 0.2) is 9.84 Å². The fraction of sp³-hybridized carbons (Fsp3) is 0.385. The SMILES string of the molecule is CC(C)(CNc1cnc2ccccc2n1)S(C)(=O)=O. The molecule has 0 radical (unpaired) electrons. The molecule has 102 valence electrons. The Hall–Kier alpha value is -1.69. The molecule has 0 aliphatic carbocycles. The summed E-state index contributed by atoms with van der Waals surface area (Å²) in [6.07, 6.45) is 2.85. The van der Waals surface area contributed by atoms with Crippen LogP contribution in [0.3, 0.4) is 0 Å². The van der Waals surface area contributed by atoms with E-state index in [1.807, 2.05) is 24.3 Å². The molecule has 0 amide bonds. The number of para-hydroxylation sites is 2. The van der Waals surface area contributed by atoms with Gasteiger partial charge < -0.3 is 5.32 Å². The molecular formula is C13H17N3O2S. The quantitative estimate of drug-likeness (QED) is 0.925. The van der Waals surface area contributed by atoms with E-state index in [9.17, 15) is 8.42 Å². The summed E-state index contributed by atoms with van der Waals surface area (Å²) >= 11 is 0. The lowest BCUT2D eigenvalue weighted by atomic mass is 10.2. The van der Waals surface area contributed by atoms with Crippen molar-refractivity contribution in [3.8, 4) is 0 Å². The van der Waals surface area contributed by atoms with Crippen LogP contribution in [-0.2, 0) is 9.84 Å². The molecule has 2 aromatic rings. The Labute approximate surface area is 113 Å². The van der Waals surface area contributed by atoms with Crippen molar-refractivity contribution in [2.45, 2.75) is 18.6 Å². The van der Waals surface area contributed by atoms with Crippen molar-refractivity contribution in [1.82, 2.24) is 9.97 Å². The standard InChI is InChI=1S/C13H17N3O2S/c1-13(2,19(3,17)18)9-15-12-8-14-10-6-4-5-7-11(10)16-12/h4-8H,9H2,1-3H3,(H,15,16). The Morgan fingerprint density at radius 3 is 2.47 bits per heavy atom. The molecule has 0 fully saturated rings. The maximum absolute atomic E-state index is 11.6. The Balaban J connectivity index is 2.19. The van der Waals surface area contributed by atoms with Crippen molar-refractivity contribution >= 4 is 26.7 Å². The number of nitrogens with one attached hydrogen (secondary N) is 1. The number of fused-ring (bicyclic) bond motifs is 1. The second-order valence-corrected chi connectivity index (χ2v) is 7.78. The van der Waals surface area contributed by atoms with Crippen LogP contribution in [0.15, 0.2) is 30.5 Å². The monoisotopic (exact) mass is 279 g/mol. The smallest absolute Gasteiger partial charge is 0.154 e. The van der Waals surface area contributed by atoms with Crippen molar-refractivity contribution in [2.24, 2.45) is 0 Å². The van der Waals surface area contributed by atoms with Crippen LogP contribution < -0.4 is 5.32 Å². The lowest BCUT2D eigenvalue weighted by Crippen LogP contribution is -2.38. The van der Waals surface area contributed by atoms with Crippen molar-refractivity contribution < 1.29 is 8.42 Å². The number of nitrogens with zero attached hydrogens (tertiary/aromatic N) is 2. The van der Waals surface area contributed by atoms with Crippen LogP contribution in [0.1, 0.15) is 13.8 Å². The molecular weight excluding hydrogens is 262 g/mol. The first-order chi connectivity index (χ1) is 8.79. The van der Waals surface area contributed by atoms with Crippen molar-refractivity contribution in [2.75, 3.05) is 18.1 Å². The highest BCUT2D eigenvalue weighted by atomic mass is 32.2. The van der Waals surface area contributed by atoms with E-state index in [2.05, 4.69) is 15.3 Å². The molecule has 1 N–H and O–H groups in total. The molecule has 5 nitrogen and oxygen atoms in total. The first kappa shape index (κ1) is 13.7. The zero-order chi connectivity index (χ0) is 14.1. The molecule has 0 spiro atoms. The lowest BCUT2D eigenvalue weighted by Gasteiger charge is -2.22. The topological polar surface area (TPSA) is 72.0 Å². The number of hydrogen-bond acceptors (Lipinski definition) is 5. The van der Waals surface area contributed by atoms with Crippen molar-refractivity contribution in [3.05, 3.63) is 30.5 Å². The van der Waals surface area contributed by atoms with E-state index in [-0.39, 0.29) is 0 Å². The molecule has 0 atom stereocenters. The molecule has 0 bridgehead atoms. The van der Waals surface area contributed by atoms with Crippen molar-refractivity contribution in [3.63, 3.8) is 0 Å². The average molecular weight is 279 g/mol. The first-order valence-electron chi connectivity index (χ1n) is 5.95. The number of aromatic nitrogens is 2. The molecule has 0 saturated heterocycles. The van der Waals surface area contributed by atoms with E-state index >= 15 is 0 Å². The van der Waals surface area contributed by atoms with Gasteiger partial charge in [0.25, 0.3) is 0 Å². The number of rotatable bonds is 4. The highest BCUT2D eigenvalue weighted by Crippen LogP contribution is 2.17. The molecule has 0 aliphatic rings. The van der Waals surface area contributed by atoms with Crippen LogP contribution in [0.5, 0.6) is 0 Å². The van der Waals surface area contributed by atoms with Gasteiger partial charge in [0, 0.05) is 12.8 Å². The van der Waals surface area contributed by atoms with E-state index in [1.54, 1.807) is 20.0 Å². The van der Waals surface area contributed by atoms with E-state index in [0.717, 1.165) is 11.0 Å². The highest BCUT2D eigenvalue weighted by molar-refractivity contribution is 7.92. The molecule has 1 aromatic heterocycles. The van der Waals surface area contributed by atoms with E-state index < -0.39 is 14.6 Å². The second-order valence-electron chi connectivity index (χ2n) is 5.13. The van der Waals surface area contributed by atoms with Crippen LogP contribution in [0.2, 0.25) is 0 Å². The first-order valence-corrected chi connectivity index (χ1v) is 7.84. The largest absolute Gasteiger partial charge is 0.367 e. The van der Waals surface area contributed by atoms with Gasteiger partial charge in [-0.1, -0.05) is 12.1 Å². The lowest BCUT2D eigenvalue weighted by molar-refractivity contribution is 0.559. The predicted octanol–water partition coefficient (Wildman–Crippen LogP) is 1.86. The Kier molecular flexibility index (Phi) is 3.45. The highest BCUT2D eigenvalue weighted by Gasteiger charge is 2.29. The van der Waals surface area contributed by atoms with Crippen LogP contribution in [-0.4, -0.2) is 35.9 Å². The van der Waals surface area contributed by atoms with Crippen molar-refractivity contribution in [1.29, 1.82) is 0 Å². The van der Waals surface area contributed by atoms with Crippen LogP contribution in [0.4, 0.5) is 5.82 Å². The summed E-state index contributed by atoms with van der Waals surface area (Å²) in [4.78, 5) is 8.66. The predicted molar refractivity (Wildman–Crippen MR) is 77.0 cm³/mol. The Morgan fingerprint density at radius 1 is 1.21 bits per heavy atom. The van der Waals surface area contributed by atoms with Gasteiger partial charge in [-0.15, -0.1) is 0 Å². The third kappa shape index (κ3) is 3.01. The molecule has 2 rings (SSSR count). The molecule has 0 unspecified atom stereocenters. The van der Waals surface area contributed by atoms with Crippen LogP contribution in [0, 0.1) is 0 Å². The maximum Gasteiger partial charge on any atom is 0.154 e. The Morgan fingerprint density at radius 2 is 1.84 bits per heavy atom. The third-order valence-corrected chi connectivity index (χ3v) is 5.30. The van der Waals surface area contributed by atoms with Gasteiger partial charge in [0.05, 0.1) is 22.0 Å². The normalized spacial score (nSPS) is 12.6. The number of benzene rings is 1. The summed E-state index contributed by atoms with van der Waals surface area (Å²) in [5.41, 5.74) is 1.60. The van der Waals surface area contributed by atoms with Gasteiger partial charge >= 0.3 is 0 Å². The molecule has 6 heteroatoms. The van der Waals surface area contributed by atoms with E-state index in [4.69, 9.17) is 0 Å². The maximum atomic E-state index is 11.6. The fourth-order valence-corrected chi connectivity index (χ4v) is 1.81. The summed E-state index contributed by atoms with van der Waals surface area (Å²) < 4.78 is 22.4. The average Bonchev–Trinajstić information content (AvgIpc) is 2.35. The molecule has 0 aliphatic heterocycles. The minimum Gasteiger partial charge on any atom is -0.367 e. The molecule has 1 aromatic carbocycles. The number of hydrogen-bond donors (Lipinski definition) is 1. The fourth-order valence-electron chi connectivity index (χ4n) is 1.48. The summed E-state index contributed by atoms with van der Waals surface area (Å²) in [7, 11) is -3.13. The molecule has 19 heavy (non-hydrogen) atoms. The van der Waals surface area contributed by atoms with Crippen LogP contribution in [0.25, 0.3) is 11.0 Å². The minimum absolute atomic E-state index is 0.291. The van der Waals surface area contributed by atoms with Gasteiger partial charge in [0.2, 0.25) is 0 Å². The summed E-state index contributed by atoms with van der Waals surface area (Å²) in [6.45, 7) is 3.66. The number of sulfone groups is 1. The summed E-state index contributed by atoms with van der Waals surface area (Å²) in [5, 5.41) is 3.03.